The number of ether oxygens (including phenoxy) is 1. The molecule has 0 aliphatic carbocycles. The number of hydrogen-bond donors (Lipinski definition) is 1. The molecule has 1 atom stereocenters. The maximum Gasteiger partial charge on any atom is 0.131 e. The first-order valence-electron chi connectivity index (χ1n) is 6.71. The van der Waals surface area contributed by atoms with Crippen molar-refractivity contribution < 1.29 is 13.5 Å². The summed E-state index contributed by atoms with van der Waals surface area (Å²) in [5.74, 6) is 1.11. The number of hydrogen-bond acceptors (Lipinski definition) is 3. The lowest BCUT2D eigenvalue weighted by Crippen LogP contribution is -2.11. The van der Waals surface area contributed by atoms with Crippen LogP contribution < -0.4 is 5.73 Å². The van der Waals surface area contributed by atoms with Crippen LogP contribution in [0.15, 0.2) is 52.9 Å². The maximum atomic E-state index is 13.9. The molecule has 0 aliphatic rings. The van der Waals surface area contributed by atoms with E-state index in [0.29, 0.717) is 17.8 Å². The predicted octanol–water partition coefficient (Wildman–Crippen LogP) is 3.77. The quantitative estimate of drug-likeness (QED) is 0.794. The van der Waals surface area contributed by atoms with Crippen molar-refractivity contribution >= 4 is 10.8 Å². The Morgan fingerprint density at radius 1 is 1.10 bits per heavy atom. The number of benzene rings is 2. The molecule has 0 saturated carbocycles. The summed E-state index contributed by atoms with van der Waals surface area (Å²) in [6.45, 7) is 0.400. The minimum Gasteiger partial charge on any atom is -0.462 e. The molecular weight excluding hydrogens is 269 g/mol. The lowest BCUT2D eigenvalue weighted by Gasteiger charge is -2.13. The number of nitrogens with two attached hydrogens (primary N) is 1. The van der Waals surface area contributed by atoms with E-state index in [0.717, 1.165) is 16.7 Å². The second kappa shape index (κ2) is 5.68. The molecule has 2 aromatic carbocycles. The molecular formula is C17H16FNO2. The van der Waals surface area contributed by atoms with Crippen molar-refractivity contribution in [2.45, 2.75) is 12.6 Å². The minimum absolute atomic E-state index is 0.249. The SMILES string of the molecule is COCc1ccc(C(N)c2ccc(F)c3ccccc23)o1. The Morgan fingerprint density at radius 3 is 2.62 bits per heavy atom. The first-order valence-corrected chi connectivity index (χ1v) is 6.71. The zero-order chi connectivity index (χ0) is 14.8. The van der Waals surface area contributed by atoms with Crippen LogP contribution in [-0.2, 0) is 11.3 Å². The van der Waals surface area contributed by atoms with Crippen LogP contribution >= 0.6 is 0 Å². The summed E-state index contributed by atoms with van der Waals surface area (Å²) < 4.78 is 24.6. The third-order valence-corrected chi connectivity index (χ3v) is 3.52. The molecule has 108 valence electrons. The van der Waals surface area contributed by atoms with Crippen LogP contribution in [0.3, 0.4) is 0 Å². The average molecular weight is 285 g/mol. The van der Waals surface area contributed by atoms with Crippen LogP contribution in [0, 0.1) is 5.82 Å². The van der Waals surface area contributed by atoms with Gasteiger partial charge in [-0.3, -0.25) is 0 Å². The molecule has 3 nitrogen and oxygen atoms in total. The third kappa shape index (κ3) is 2.55. The van der Waals surface area contributed by atoms with E-state index in [-0.39, 0.29) is 5.82 Å². The Hall–Kier alpha value is -2.17. The molecule has 0 aliphatic heterocycles. The molecule has 0 spiro atoms. The lowest BCUT2D eigenvalue weighted by atomic mass is 9.97. The van der Waals surface area contributed by atoms with E-state index in [1.165, 1.54) is 6.07 Å². The summed E-state index contributed by atoms with van der Waals surface area (Å²) in [6, 6.07) is 13.7. The van der Waals surface area contributed by atoms with Gasteiger partial charge in [-0.15, -0.1) is 0 Å². The van der Waals surface area contributed by atoms with Crippen LogP contribution in [0.4, 0.5) is 4.39 Å². The molecule has 1 unspecified atom stereocenters. The van der Waals surface area contributed by atoms with Crippen LogP contribution in [0.1, 0.15) is 23.1 Å². The highest BCUT2D eigenvalue weighted by atomic mass is 19.1. The van der Waals surface area contributed by atoms with Gasteiger partial charge < -0.3 is 14.9 Å². The van der Waals surface area contributed by atoms with Crippen molar-refractivity contribution in [3.8, 4) is 0 Å². The van der Waals surface area contributed by atoms with Crippen LogP contribution in [0.25, 0.3) is 10.8 Å². The van der Waals surface area contributed by atoms with E-state index in [2.05, 4.69) is 0 Å². The Morgan fingerprint density at radius 2 is 1.86 bits per heavy atom. The van der Waals surface area contributed by atoms with Gasteiger partial charge >= 0.3 is 0 Å². The van der Waals surface area contributed by atoms with Crippen molar-refractivity contribution in [1.82, 2.24) is 0 Å². The fourth-order valence-electron chi connectivity index (χ4n) is 2.49. The molecule has 21 heavy (non-hydrogen) atoms. The fourth-order valence-corrected chi connectivity index (χ4v) is 2.49. The number of methoxy groups -OCH3 is 1. The second-order valence-electron chi connectivity index (χ2n) is 4.90. The Bertz CT molecular complexity index is 766. The molecule has 0 amide bonds. The summed E-state index contributed by atoms with van der Waals surface area (Å²) in [4.78, 5) is 0. The van der Waals surface area contributed by atoms with Crippen LogP contribution in [-0.4, -0.2) is 7.11 Å². The molecule has 3 rings (SSSR count). The lowest BCUT2D eigenvalue weighted by molar-refractivity contribution is 0.162. The maximum absolute atomic E-state index is 13.9. The third-order valence-electron chi connectivity index (χ3n) is 3.52. The molecule has 3 aromatic rings. The summed E-state index contributed by atoms with van der Waals surface area (Å²) in [5.41, 5.74) is 7.12. The van der Waals surface area contributed by atoms with E-state index in [1.807, 2.05) is 30.3 Å². The van der Waals surface area contributed by atoms with Gasteiger partial charge in [0.25, 0.3) is 0 Å². The Balaban J connectivity index is 2.04. The normalized spacial score (nSPS) is 12.7. The summed E-state index contributed by atoms with van der Waals surface area (Å²) in [6.07, 6.45) is 0. The monoisotopic (exact) mass is 285 g/mol. The number of furan rings is 1. The molecule has 0 fully saturated rings. The number of fused-ring (bicyclic) bond motifs is 1. The molecule has 1 heterocycles. The molecule has 0 saturated heterocycles. The van der Waals surface area contributed by atoms with Crippen molar-refractivity contribution in [1.29, 1.82) is 0 Å². The summed E-state index contributed by atoms with van der Waals surface area (Å²) in [5, 5.41) is 1.36. The van der Waals surface area contributed by atoms with Gasteiger partial charge in [-0.05, 0) is 29.1 Å². The van der Waals surface area contributed by atoms with E-state index in [9.17, 15) is 4.39 Å². The Kier molecular flexibility index (Phi) is 3.73. The minimum atomic E-state index is -0.443. The van der Waals surface area contributed by atoms with Gasteiger partial charge in [0.15, 0.2) is 0 Å². The highest BCUT2D eigenvalue weighted by Gasteiger charge is 2.17. The van der Waals surface area contributed by atoms with Crippen molar-refractivity contribution in [3.05, 3.63) is 71.4 Å². The second-order valence-corrected chi connectivity index (χ2v) is 4.90. The highest BCUT2D eigenvalue weighted by molar-refractivity contribution is 5.87. The van der Waals surface area contributed by atoms with Crippen LogP contribution in [0.5, 0.6) is 0 Å². The zero-order valence-corrected chi connectivity index (χ0v) is 11.7. The zero-order valence-electron chi connectivity index (χ0n) is 11.7. The van der Waals surface area contributed by atoms with E-state index in [1.54, 1.807) is 19.2 Å². The average Bonchev–Trinajstić information content (AvgIpc) is 2.96. The van der Waals surface area contributed by atoms with Crippen molar-refractivity contribution in [3.63, 3.8) is 0 Å². The van der Waals surface area contributed by atoms with Crippen molar-refractivity contribution in [2.24, 2.45) is 5.73 Å². The summed E-state index contributed by atoms with van der Waals surface area (Å²) >= 11 is 0. The van der Waals surface area contributed by atoms with E-state index in [4.69, 9.17) is 14.9 Å². The smallest absolute Gasteiger partial charge is 0.131 e. The fraction of sp³-hybridized carbons (Fsp3) is 0.176. The molecule has 1 aromatic heterocycles. The predicted molar refractivity (Wildman–Crippen MR) is 79.4 cm³/mol. The van der Waals surface area contributed by atoms with E-state index < -0.39 is 6.04 Å². The Labute approximate surface area is 122 Å². The van der Waals surface area contributed by atoms with Gasteiger partial charge in [0.2, 0.25) is 0 Å². The molecule has 4 heteroatoms. The van der Waals surface area contributed by atoms with E-state index >= 15 is 0 Å². The molecule has 0 bridgehead atoms. The molecule has 0 radical (unpaired) electrons. The first-order chi connectivity index (χ1) is 10.2. The largest absolute Gasteiger partial charge is 0.462 e. The van der Waals surface area contributed by atoms with Gasteiger partial charge in [-0.25, -0.2) is 4.39 Å². The number of rotatable bonds is 4. The van der Waals surface area contributed by atoms with Gasteiger partial charge in [0.1, 0.15) is 23.9 Å². The number of halogens is 1. The highest BCUT2D eigenvalue weighted by Crippen LogP contribution is 2.29. The summed E-state index contributed by atoms with van der Waals surface area (Å²) in [7, 11) is 1.61. The van der Waals surface area contributed by atoms with Crippen LogP contribution in [0.2, 0.25) is 0 Å². The molecule has 2 N–H and O–H groups in total. The topological polar surface area (TPSA) is 48.4 Å². The van der Waals surface area contributed by atoms with Gasteiger partial charge in [0, 0.05) is 12.5 Å². The van der Waals surface area contributed by atoms with Gasteiger partial charge in [0.05, 0.1) is 6.04 Å². The first kappa shape index (κ1) is 13.8. The van der Waals surface area contributed by atoms with Gasteiger partial charge in [-0.1, -0.05) is 30.3 Å². The standard InChI is InChI=1S/C17H16FNO2/c1-20-10-11-6-9-16(21-11)17(19)14-7-8-15(18)13-5-3-2-4-12(13)14/h2-9,17H,10,19H2,1H3. The van der Waals surface area contributed by atoms with Gasteiger partial charge in [-0.2, -0.15) is 0 Å². The van der Waals surface area contributed by atoms with Crippen molar-refractivity contribution in [2.75, 3.05) is 7.11 Å².